The lowest BCUT2D eigenvalue weighted by molar-refractivity contribution is -0.137. The standard InChI is InChI=1S/C19H21F3N2O3/c1-4-11(2)23-17(25)12(3)24-18(26)16-9-8-15(27-16)13-6-5-7-14(10-13)19(20,21)22/h5-12H,4H2,1-3H3,(H,23,25)(H,24,26). The van der Waals surface area contributed by atoms with E-state index in [-0.39, 0.29) is 29.0 Å². The van der Waals surface area contributed by atoms with Gasteiger partial charge in [-0.1, -0.05) is 19.1 Å². The first kappa shape index (κ1) is 20.5. The number of rotatable bonds is 6. The molecule has 2 unspecified atom stereocenters. The fourth-order valence-corrected chi connectivity index (χ4v) is 2.27. The van der Waals surface area contributed by atoms with Gasteiger partial charge in [-0.3, -0.25) is 9.59 Å². The molecule has 0 spiro atoms. The van der Waals surface area contributed by atoms with Gasteiger partial charge in [0, 0.05) is 11.6 Å². The van der Waals surface area contributed by atoms with E-state index in [4.69, 9.17) is 4.42 Å². The Kier molecular flexibility index (Phi) is 6.30. The second-order valence-electron chi connectivity index (χ2n) is 6.26. The number of furan rings is 1. The van der Waals surface area contributed by atoms with E-state index in [1.54, 1.807) is 0 Å². The maximum absolute atomic E-state index is 12.8. The molecule has 8 heteroatoms. The highest BCUT2D eigenvalue weighted by molar-refractivity contribution is 5.95. The Bertz CT molecular complexity index is 815. The Morgan fingerprint density at radius 3 is 2.44 bits per heavy atom. The van der Waals surface area contributed by atoms with E-state index in [1.807, 2.05) is 13.8 Å². The van der Waals surface area contributed by atoms with E-state index in [9.17, 15) is 22.8 Å². The number of hydrogen-bond donors (Lipinski definition) is 2. The summed E-state index contributed by atoms with van der Waals surface area (Å²) in [6.45, 7) is 5.30. The minimum Gasteiger partial charge on any atom is -0.451 e. The molecule has 2 N–H and O–H groups in total. The minimum absolute atomic E-state index is 0.0204. The van der Waals surface area contributed by atoms with Gasteiger partial charge in [0.2, 0.25) is 5.91 Å². The third-order valence-electron chi connectivity index (χ3n) is 4.05. The van der Waals surface area contributed by atoms with Crippen molar-refractivity contribution >= 4 is 11.8 Å². The summed E-state index contributed by atoms with van der Waals surface area (Å²) >= 11 is 0. The van der Waals surface area contributed by atoms with Gasteiger partial charge in [-0.15, -0.1) is 0 Å². The van der Waals surface area contributed by atoms with Gasteiger partial charge in [0.15, 0.2) is 5.76 Å². The minimum atomic E-state index is -4.47. The van der Waals surface area contributed by atoms with Crippen LogP contribution in [0.2, 0.25) is 0 Å². The normalized spacial score (nSPS) is 13.7. The third-order valence-corrected chi connectivity index (χ3v) is 4.05. The molecular formula is C19H21F3N2O3. The summed E-state index contributed by atoms with van der Waals surface area (Å²) in [6.07, 6.45) is -3.72. The van der Waals surface area contributed by atoms with Crippen LogP contribution in [-0.2, 0) is 11.0 Å². The van der Waals surface area contributed by atoms with Crippen LogP contribution in [0.1, 0.15) is 43.3 Å². The summed E-state index contributed by atoms with van der Waals surface area (Å²) in [4.78, 5) is 24.2. The smallest absolute Gasteiger partial charge is 0.416 e. The fraction of sp³-hybridized carbons (Fsp3) is 0.368. The van der Waals surface area contributed by atoms with E-state index in [2.05, 4.69) is 10.6 Å². The highest BCUT2D eigenvalue weighted by Crippen LogP contribution is 2.32. The Morgan fingerprint density at radius 1 is 1.11 bits per heavy atom. The molecule has 0 bridgehead atoms. The van der Waals surface area contributed by atoms with Gasteiger partial charge in [0.05, 0.1) is 5.56 Å². The number of benzene rings is 1. The van der Waals surface area contributed by atoms with Crippen LogP contribution in [0.15, 0.2) is 40.8 Å². The number of nitrogens with one attached hydrogen (secondary N) is 2. The van der Waals surface area contributed by atoms with Gasteiger partial charge >= 0.3 is 6.18 Å². The Hall–Kier alpha value is -2.77. The van der Waals surface area contributed by atoms with Gasteiger partial charge in [0.1, 0.15) is 11.8 Å². The summed E-state index contributed by atoms with van der Waals surface area (Å²) in [7, 11) is 0. The van der Waals surface area contributed by atoms with Crippen molar-refractivity contribution < 1.29 is 27.2 Å². The van der Waals surface area contributed by atoms with Crippen molar-refractivity contribution in [1.82, 2.24) is 10.6 Å². The Balaban J connectivity index is 2.09. The average Bonchev–Trinajstić information content (AvgIpc) is 3.11. The molecule has 27 heavy (non-hydrogen) atoms. The largest absolute Gasteiger partial charge is 0.451 e. The second-order valence-corrected chi connectivity index (χ2v) is 6.26. The molecule has 1 aromatic carbocycles. The second kappa shape index (κ2) is 8.28. The summed E-state index contributed by atoms with van der Waals surface area (Å²) in [5.41, 5.74) is -0.607. The predicted molar refractivity (Wildman–Crippen MR) is 94.0 cm³/mol. The molecule has 2 atom stereocenters. The van der Waals surface area contributed by atoms with Crippen molar-refractivity contribution in [2.45, 2.75) is 45.5 Å². The maximum atomic E-state index is 12.8. The predicted octanol–water partition coefficient (Wildman–Crippen LogP) is 4.00. The first-order valence-corrected chi connectivity index (χ1v) is 8.50. The van der Waals surface area contributed by atoms with Crippen molar-refractivity contribution in [2.75, 3.05) is 0 Å². The van der Waals surface area contributed by atoms with Crippen LogP contribution < -0.4 is 10.6 Å². The lowest BCUT2D eigenvalue weighted by Crippen LogP contribution is -2.47. The fourth-order valence-electron chi connectivity index (χ4n) is 2.27. The first-order chi connectivity index (χ1) is 12.6. The Morgan fingerprint density at radius 2 is 1.81 bits per heavy atom. The van der Waals surface area contributed by atoms with Crippen molar-refractivity contribution in [3.05, 3.63) is 47.7 Å². The molecule has 0 saturated heterocycles. The third kappa shape index (κ3) is 5.35. The summed E-state index contributed by atoms with van der Waals surface area (Å²) in [5.74, 6) is -0.920. The molecule has 0 radical (unpaired) electrons. The molecule has 0 fully saturated rings. The zero-order valence-electron chi connectivity index (χ0n) is 15.2. The topological polar surface area (TPSA) is 71.3 Å². The monoisotopic (exact) mass is 382 g/mol. The van der Waals surface area contributed by atoms with Gasteiger partial charge in [-0.2, -0.15) is 13.2 Å². The zero-order valence-corrected chi connectivity index (χ0v) is 15.2. The lowest BCUT2D eigenvalue weighted by atomic mass is 10.1. The van der Waals surface area contributed by atoms with Gasteiger partial charge in [0.25, 0.3) is 5.91 Å². The van der Waals surface area contributed by atoms with Crippen LogP contribution in [0.25, 0.3) is 11.3 Å². The molecule has 2 amide bonds. The van der Waals surface area contributed by atoms with Crippen molar-refractivity contribution in [3.63, 3.8) is 0 Å². The SMILES string of the molecule is CCC(C)NC(=O)C(C)NC(=O)c1ccc(-c2cccc(C(F)(F)F)c2)o1. The Labute approximate surface area is 154 Å². The molecule has 1 heterocycles. The van der Waals surface area contributed by atoms with E-state index in [1.165, 1.54) is 31.2 Å². The molecule has 2 rings (SSSR count). The van der Waals surface area contributed by atoms with Gasteiger partial charge in [-0.05, 0) is 44.5 Å². The zero-order chi connectivity index (χ0) is 20.2. The van der Waals surface area contributed by atoms with Crippen LogP contribution in [0.3, 0.4) is 0 Å². The summed E-state index contributed by atoms with van der Waals surface area (Å²) < 4.78 is 43.8. The van der Waals surface area contributed by atoms with Crippen molar-refractivity contribution in [3.8, 4) is 11.3 Å². The molecule has 0 aliphatic heterocycles. The first-order valence-electron chi connectivity index (χ1n) is 8.50. The highest BCUT2D eigenvalue weighted by atomic mass is 19.4. The van der Waals surface area contributed by atoms with Crippen LogP contribution in [0.5, 0.6) is 0 Å². The molecule has 5 nitrogen and oxygen atoms in total. The molecule has 2 aromatic rings. The quantitative estimate of drug-likeness (QED) is 0.793. The summed E-state index contributed by atoms with van der Waals surface area (Å²) in [6, 6.07) is 6.58. The van der Waals surface area contributed by atoms with Gasteiger partial charge in [-0.25, -0.2) is 0 Å². The lowest BCUT2D eigenvalue weighted by Gasteiger charge is -2.16. The van der Waals surface area contributed by atoms with E-state index < -0.39 is 23.7 Å². The molecular weight excluding hydrogens is 361 g/mol. The number of carbonyl (C=O) groups excluding carboxylic acids is 2. The van der Waals surface area contributed by atoms with Crippen LogP contribution in [-0.4, -0.2) is 23.9 Å². The summed E-state index contributed by atoms with van der Waals surface area (Å²) in [5, 5.41) is 5.25. The number of amides is 2. The maximum Gasteiger partial charge on any atom is 0.416 e. The molecule has 0 aliphatic rings. The number of hydrogen-bond acceptors (Lipinski definition) is 3. The van der Waals surface area contributed by atoms with Crippen LogP contribution in [0, 0.1) is 0 Å². The van der Waals surface area contributed by atoms with E-state index in [0.29, 0.717) is 0 Å². The number of carbonyl (C=O) groups is 2. The van der Waals surface area contributed by atoms with Gasteiger partial charge < -0.3 is 15.1 Å². The molecule has 0 aliphatic carbocycles. The molecule has 1 aromatic heterocycles. The number of alkyl halides is 3. The van der Waals surface area contributed by atoms with E-state index in [0.717, 1.165) is 18.6 Å². The van der Waals surface area contributed by atoms with Crippen molar-refractivity contribution in [2.24, 2.45) is 0 Å². The van der Waals surface area contributed by atoms with Crippen LogP contribution in [0.4, 0.5) is 13.2 Å². The molecule has 146 valence electrons. The van der Waals surface area contributed by atoms with Crippen LogP contribution >= 0.6 is 0 Å². The van der Waals surface area contributed by atoms with E-state index >= 15 is 0 Å². The number of halogens is 3. The van der Waals surface area contributed by atoms with Crippen molar-refractivity contribution in [1.29, 1.82) is 0 Å². The molecule has 0 saturated carbocycles. The average molecular weight is 382 g/mol. The highest BCUT2D eigenvalue weighted by Gasteiger charge is 2.30.